The van der Waals surface area contributed by atoms with Crippen molar-refractivity contribution in [2.24, 2.45) is 0 Å². The van der Waals surface area contributed by atoms with Gasteiger partial charge < -0.3 is 20.7 Å². The van der Waals surface area contributed by atoms with Crippen LogP contribution in [-0.2, 0) is 4.74 Å². The maximum Gasteiger partial charge on any atom is 0.314 e. The van der Waals surface area contributed by atoms with E-state index >= 15 is 0 Å². The maximum absolute atomic E-state index is 11.8. The Kier molecular flexibility index (Phi) is 7.20. The number of aromatic nitrogens is 2. The zero-order valence-electron chi connectivity index (χ0n) is 14.7. The van der Waals surface area contributed by atoms with Crippen LogP contribution in [0, 0.1) is 0 Å². The largest absolute Gasteiger partial charge is 0.373 e. The molecule has 8 heteroatoms. The second-order valence-electron chi connectivity index (χ2n) is 6.21. The summed E-state index contributed by atoms with van der Waals surface area (Å²) >= 11 is 0. The molecule has 2 amide bonds. The lowest BCUT2D eigenvalue weighted by Crippen LogP contribution is -2.53. The Morgan fingerprint density at radius 3 is 2.71 bits per heavy atom. The first-order chi connectivity index (χ1) is 11.5. The van der Waals surface area contributed by atoms with Crippen molar-refractivity contribution in [3.8, 4) is 0 Å². The molecule has 2 heterocycles. The number of carbonyl (C=O) groups excluding carboxylic acids is 1. The number of nitrogens with one attached hydrogen (secondary N) is 3. The summed E-state index contributed by atoms with van der Waals surface area (Å²) in [4.78, 5) is 22.3. The van der Waals surface area contributed by atoms with Gasteiger partial charge in [-0.2, -0.15) is 0 Å². The number of carbonyl (C=O) groups is 1. The van der Waals surface area contributed by atoms with Gasteiger partial charge in [0.2, 0.25) is 0 Å². The topological polar surface area (TPSA) is 91.4 Å². The lowest BCUT2D eigenvalue weighted by molar-refractivity contribution is -0.0778. The summed E-state index contributed by atoms with van der Waals surface area (Å²) in [5, 5.41) is 8.83. The number of hydrogen-bond donors (Lipinski definition) is 3. The molecule has 0 unspecified atom stereocenters. The number of urea groups is 1. The molecule has 8 nitrogen and oxygen atoms in total. The van der Waals surface area contributed by atoms with Crippen molar-refractivity contribution in [2.75, 3.05) is 38.0 Å². The average Bonchev–Trinajstić information content (AvgIpc) is 2.56. The standard InChI is InChI=1S/C16H28N6O2/c1-12(22-10-13(2)24-14(3)11-22)8-21-16(23)20-7-6-19-15-9-17-4-5-18-15/h4-5,9,12-14H,6-8,10-11H2,1-3H3,(H,18,19)(H2,20,21,23)/t12-,13-,14-/m1/s1. The molecule has 0 radical (unpaired) electrons. The second kappa shape index (κ2) is 9.39. The molecule has 0 aliphatic carbocycles. The number of ether oxygens (including phenoxy) is 1. The van der Waals surface area contributed by atoms with Gasteiger partial charge in [-0.3, -0.25) is 9.88 Å². The Morgan fingerprint density at radius 1 is 1.29 bits per heavy atom. The third-order valence-electron chi connectivity index (χ3n) is 3.91. The van der Waals surface area contributed by atoms with Crippen molar-refractivity contribution in [2.45, 2.75) is 39.0 Å². The maximum atomic E-state index is 11.8. The Morgan fingerprint density at radius 2 is 2.04 bits per heavy atom. The first-order valence-electron chi connectivity index (χ1n) is 8.45. The molecule has 134 valence electrons. The van der Waals surface area contributed by atoms with Crippen molar-refractivity contribution in [1.29, 1.82) is 0 Å². The molecule has 0 aromatic carbocycles. The second-order valence-corrected chi connectivity index (χ2v) is 6.21. The van der Waals surface area contributed by atoms with Crippen LogP contribution in [0.4, 0.5) is 10.6 Å². The van der Waals surface area contributed by atoms with E-state index in [-0.39, 0.29) is 24.3 Å². The summed E-state index contributed by atoms with van der Waals surface area (Å²) in [5.41, 5.74) is 0. The quantitative estimate of drug-likeness (QED) is 0.635. The van der Waals surface area contributed by atoms with E-state index in [1.165, 1.54) is 0 Å². The monoisotopic (exact) mass is 336 g/mol. The fourth-order valence-electron chi connectivity index (χ4n) is 2.77. The van der Waals surface area contributed by atoms with Crippen molar-refractivity contribution < 1.29 is 9.53 Å². The van der Waals surface area contributed by atoms with Crippen LogP contribution in [0.15, 0.2) is 18.6 Å². The fourth-order valence-corrected chi connectivity index (χ4v) is 2.77. The smallest absolute Gasteiger partial charge is 0.314 e. The highest BCUT2D eigenvalue weighted by Crippen LogP contribution is 2.13. The number of anilines is 1. The Hall–Kier alpha value is -1.93. The zero-order valence-corrected chi connectivity index (χ0v) is 14.7. The minimum absolute atomic E-state index is 0.155. The highest BCUT2D eigenvalue weighted by atomic mass is 16.5. The Labute approximate surface area is 143 Å². The molecule has 24 heavy (non-hydrogen) atoms. The number of hydrogen-bond acceptors (Lipinski definition) is 6. The van der Waals surface area contributed by atoms with Gasteiger partial charge in [0.25, 0.3) is 0 Å². The van der Waals surface area contributed by atoms with Gasteiger partial charge in [0.1, 0.15) is 5.82 Å². The van der Waals surface area contributed by atoms with E-state index in [2.05, 4.69) is 51.6 Å². The van der Waals surface area contributed by atoms with E-state index in [1.807, 2.05) is 0 Å². The lowest BCUT2D eigenvalue weighted by atomic mass is 10.2. The van der Waals surface area contributed by atoms with E-state index in [1.54, 1.807) is 18.6 Å². The van der Waals surface area contributed by atoms with Crippen LogP contribution in [0.25, 0.3) is 0 Å². The molecule has 0 saturated carbocycles. The zero-order chi connectivity index (χ0) is 17.4. The summed E-state index contributed by atoms with van der Waals surface area (Å²) < 4.78 is 5.74. The van der Waals surface area contributed by atoms with E-state index in [0.29, 0.717) is 25.5 Å². The number of nitrogens with zero attached hydrogens (tertiary/aromatic N) is 3. The summed E-state index contributed by atoms with van der Waals surface area (Å²) in [6, 6.07) is 0.124. The Balaban J connectivity index is 1.58. The first kappa shape index (κ1) is 18.4. The number of morpholine rings is 1. The number of rotatable bonds is 7. The number of amides is 2. The van der Waals surface area contributed by atoms with Gasteiger partial charge >= 0.3 is 6.03 Å². The van der Waals surface area contributed by atoms with Crippen molar-refractivity contribution in [1.82, 2.24) is 25.5 Å². The van der Waals surface area contributed by atoms with E-state index < -0.39 is 0 Å². The van der Waals surface area contributed by atoms with Crippen molar-refractivity contribution >= 4 is 11.8 Å². The molecule has 1 aliphatic heterocycles. The molecule has 3 atom stereocenters. The lowest BCUT2D eigenvalue weighted by Gasteiger charge is -2.38. The fraction of sp³-hybridized carbons (Fsp3) is 0.688. The third-order valence-corrected chi connectivity index (χ3v) is 3.91. The Bertz CT molecular complexity index is 491. The molecule has 1 fully saturated rings. The van der Waals surface area contributed by atoms with Crippen LogP contribution >= 0.6 is 0 Å². The van der Waals surface area contributed by atoms with Crippen molar-refractivity contribution in [3.63, 3.8) is 0 Å². The summed E-state index contributed by atoms with van der Waals surface area (Å²) in [5.74, 6) is 0.698. The van der Waals surface area contributed by atoms with Crippen LogP contribution in [0.3, 0.4) is 0 Å². The normalized spacial score (nSPS) is 22.6. The van der Waals surface area contributed by atoms with E-state index in [9.17, 15) is 4.79 Å². The molecule has 1 saturated heterocycles. The molecule has 1 aromatic heterocycles. The first-order valence-corrected chi connectivity index (χ1v) is 8.45. The molecule has 1 aromatic rings. The molecule has 0 spiro atoms. The molecule has 2 rings (SSSR count). The minimum atomic E-state index is -0.155. The minimum Gasteiger partial charge on any atom is -0.373 e. The van der Waals surface area contributed by atoms with Crippen molar-refractivity contribution in [3.05, 3.63) is 18.6 Å². The highest BCUT2D eigenvalue weighted by Gasteiger charge is 2.25. The van der Waals surface area contributed by atoms with Gasteiger partial charge in [-0.25, -0.2) is 9.78 Å². The molecular weight excluding hydrogens is 308 g/mol. The predicted molar refractivity (Wildman–Crippen MR) is 93.0 cm³/mol. The van der Waals surface area contributed by atoms with Crippen LogP contribution in [0.5, 0.6) is 0 Å². The summed E-state index contributed by atoms with van der Waals surface area (Å²) in [6.45, 7) is 9.82. The van der Waals surface area contributed by atoms with E-state index in [0.717, 1.165) is 13.1 Å². The van der Waals surface area contributed by atoms with Gasteiger partial charge in [0, 0.05) is 51.2 Å². The molecule has 3 N–H and O–H groups in total. The predicted octanol–water partition coefficient (Wildman–Crippen LogP) is 0.685. The van der Waals surface area contributed by atoms with Crippen LogP contribution in [0.1, 0.15) is 20.8 Å². The van der Waals surface area contributed by atoms with Crippen LogP contribution in [-0.4, -0.2) is 71.9 Å². The van der Waals surface area contributed by atoms with Gasteiger partial charge in [-0.05, 0) is 20.8 Å². The van der Waals surface area contributed by atoms with Crippen LogP contribution in [0.2, 0.25) is 0 Å². The average molecular weight is 336 g/mol. The SMILES string of the molecule is C[C@@H]1CN([C@H](C)CNC(=O)NCCNc2cnccn2)C[C@@H](C)O1. The molecular formula is C16H28N6O2. The summed E-state index contributed by atoms with van der Waals surface area (Å²) in [6.07, 6.45) is 5.35. The van der Waals surface area contributed by atoms with Gasteiger partial charge in [-0.1, -0.05) is 0 Å². The molecule has 1 aliphatic rings. The van der Waals surface area contributed by atoms with Gasteiger partial charge in [-0.15, -0.1) is 0 Å². The highest BCUT2D eigenvalue weighted by molar-refractivity contribution is 5.73. The van der Waals surface area contributed by atoms with Gasteiger partial charge in [0.05, 0.1) is 18.4 Å². The molecule has 0 bridgehead atoms. The summed E-state index contributed by atoms with van der Waals surface area (Å²) in [7, 11) is 0. The van der Waals surface area contributed by atoms with E-state index in [4.69, 9.17) is 4.74 Å². The van der Waals surface area contributed by atoms with Gasteiger partial charge in [0.15, 0.2) is 0 Å². The van der Waals surface area contributed by atoms with Crippen LogP contribution < -0.4 is 16.0 Å². The third kappa shape index (κ3) is 6.29.